The molecule has 2 N–H and O–H groups in total. The molecule has 28 heavy (non-hydrogen) atoms. The lowest BCUT2D eigenvalue weighted by Gasteiger charge is -2.25. The Hall–Kier alpha value is -2.94. The van der Waals surface area contributed by atoms with Gasteiger partial charge in [0.25, 0.3) is 10.0 Å². The number of para-hydroxylation sites is 1. The summed E-state index contributed by atoms with van der Waals surface area (Å²) in [5, 5.41) is 4.67. The summed E-state index contributed by atoms with van der Waals surface area (Å²) in [5.41, 5.74) is -0.331. The number of imide groups is 1. The predicted molar refractivity (Wildman–Crippen MR) is 104 cm³/mol. The molecule has 9 heteroatoms. The maximum Gasteiger partial charge on any atom is 0.321 e. The molecular weight excluding hydrogens is 385 g/mol. The van der Waals surface area contributed by atoms with Gasteiger partial charge in [-0.05, 0) is 57.2 Å². The number of nitrogens with one attached hydrogen (secondary N) is 2. The molecule has 2 rings (SSSR count). The van der Waals surface area contributed by atoms with E-state index in [-0.39, 0.29) is 10.6 Å². The Balaban J connectivity index is 2.30. The van der Waals surface area contributed by atoms with Gasteiger partial charge in [-0.2, -0.15) is 0 Å². The van der Waals surface area contributed by atoms with E-state index in [9.17, 15) is 22.4 Å². The van der Waals surface area contributed by atoms with Crippen molar-refractivity contribution >= 4 is 27.6 Å². The number of amides is 3. The second-order valence-corrected chi connectivity index (χ2v) is 8.92. The summed E-state index contributed by atoms with van der Waals surface area (Å²) in [5.74, 6) is -1.39. The van der Waals surface area contributed by atoms with Crippen molar-refractivity contribution in [1.82, 2.24) is 10.6 Å². The van der Waals surface area contributed by atoms with Crippen LogP contribution < -0.4 is 14.9 Å². The highest BCUT2D eigenvalue weighted by Crippen LogP contribution is 2.23. The number of benzene rings is 2. The number of hydrogen-bond donors (Lipinski definition) is 2. The van der Waals surface area contributed by atoms with Crippen molar-refractivity contribution in [3.63, 3.8) is 0 Å². The largest absolute Gasteiger partial charge is 0.333 e. The average molecular weight is 407 g/mol. The maximum absolute atomic E-state index is 13.2. The van der Waals surface area contributed by atoms with E-state index in [0.29, 0.717) is 0 Å². The first kappa shape index (κ1) is 21.4. The molecule has 0 fully saturated rings. The van der Waals surface area contributed by atoms with Crippen molar-refractivity contribution in [2.24, 2.45) is 0 Å². The zero-order valence-corrected chi connectivity index (χ0v) is 16.6. The van der Waals surface area contributed by atoms with Crippen molar-refractivity contribution in [2.75, 3.05) is 10.8 Å². The molecule has 0 saturated heterocycles. The zero-order valence-electron chi connectivity index (χ0n) is 15.8. The van der Waals surface area contributed by atoms with Gasteiger partial charge >= 0.3 is 6.03 Å². The van der Waals surface area contributed by atoms with E-state index in [1.54, 1.807) is 39.0 Å². The number of carbonyl (C=O) groups is 2. The summed E-state index contributed by atoms with van der Waals surface area (Å²) in [7, 11) is -4.16. The van der Waals surface area contributed by atoms with Gasteiger partial charge in [-0.15, -0.1) is 0 Å². The summed E-state index contributed by atoms with van der Waals surface area (Å²) in [6.45, 7) is 4.60. The first-order valence-electron chi connectivity index (χ1n) is 8.44. The zero-order chi connectivity index (χ0) is 20.9. The third-order valence-electron chi connectivity index (χ3n) is 3.47. The quantitative estimate of drug-likeness (QED) is 0.797. The summed E-state index contributed by atoms with van der Waals surface area (Å²) in [6.07, 6.45) is 0. The van der Waals surface area contributed by atoms with Crippen LogP contribution in [0.4, 0.5) is 14.9 Å². The highest BCUT2D eigenvalue weighted by Gasteiger charge is 2.28. The van der Waals surface area contributed by atoms with Crippen molar-refractivity contribution in [3.05, 3.63) is 60.4 Å². The van der Waals surface area contributed by atoms with Crippen LogP contribution in [0.3, 0.4) is 0 Å². The molecule has 2 aromatic carbocycles. The molecule has 0 radical (unpaired) electrons. The van der Waals surface area contributed by atoms with Gasteiger partial charge in [-0.3, -0.25) is 14.4 Å². The van der Waals surface area contributed by atoms with Crippen molar-refractivity contribution in [1.29, 1.82) is 0 Å². The monoisotopic (exact) mass is 407 g/mol. The van der Waals surface area contributed by atoms with Crippen LogP contribution >= 0.6 is 0 Å². The summed E-state index contributed by atoms with van der Waals surface area (Å²) >= 11 is 0. The predicted octanol–water partition coefficient (Wildman–Crippen LogP) is 2.65. The van der Waals surface area contributed by atoms with E-state index in [1.807, 2.05) is 0 Å². The molecular formula is C19H22FN3O4S. The fourth-order valence-electron chi connectivity index (χ4n) is 2.31. The Morgan fingerprint density at radius 1 is 1.00 bits per heavy atom. The second-order valence-electron chi connectivity index (χ2n) is 7.05. The standard InChI is InChI=1S/C19H22FN3O4S/c1-19(2,3)22-18(25)21-17(24)13-23(15-7-5-4-6-8-15)28(26,27)16-11-9-14(20)10-12-16/h4-12H,13H2,1-3H3,(H2,21,22,24,25). The van der Waals surface area contributed by atoms with Crippen LogP contribution in [0.5, 0.6) is 0 Å². The number of carbonyl (C=O) groups excluding carboxylic acids is 2. The molecule has 0 aliphatic carbocycles. The molecule has 3 amide bonds. The minimum atomic E-state index is -4.16. The molecule has 7 nitrogen and oxygen atoms in total. The summed E-state index contributed by atoms with van der Waals surface area (Å²) < 4.78 is 40.1. The molecule has 0 aromatic heterocycles. The molecule has 2 aromatic rings. The van der Waals surface area contributed by atoms with Crippen LogP contribution in [0.1, 0.15) is 20.8 Å². The lowest BCUT2D eigenvalue weighted by Crippen LogP contribution is -2.51. The lowest BCUT2D eigenvalue weighted by atomic mass is 10.1. The van der Waals surface area contributed by atoms with Gasteiger partial charge in [0, 0.05) is 5.54 Å². The number of hydrogen-bond acceptors (Lipinski definition) is 4. The normalized spacial score (nSPS) is 11.6. The first-order valence-corrected chi connectivity index (χ1v) is 9.88. The first-order chi connectivity index (χ1) is 13.0. The van der Waals surface area contributed by atoms with Gasteiger partial charge in [-0.25, -0.2) is 17.6 Å². The van der Waals surface area contributed by atoms with Crippen molar-refractivity contribution < 1.29 is 22.4 Å². The molecule has 0 saturated carbocycles. The Bertz CT molecular complexity index is 939. The van der Waals surface area contributed by atoms with E-state index in [1.165, 1.54) is 12.1 Å². The van der Waals surface area contributed by atoms with Crippen LogP contribution in [0, 0.1) is 5.82 Å². The Kier molecular flexibility index (Phi) is 6.40. The fraction of sp³-hybridized carbons (Fsp3) is 0.263. The molecule has 150 valence electrons. The van der Waals surface area contributed by atoms with E-state index < -0.39 is 39.9 Å². The lowest BCUT2D eigenvalue weighted by molar-refractivity contribution is -0.118. The van der Waals surface area contributed by atoms with Crippen LogP contribution in [-0.4, -0.2) is 32.4 Å². The van der Waals surface area contributed by atoms with Crippen LogP contribution in [0.25, 0.3) is 0 Å². The molecule has 0 aliphatic rings. The van der Waals surface area contributed by atoms with Crippen LogP contribution in [0.2, 0.25) is 0 Å². The maximum atomic E-state index is 13.2. The number of halogens is 1. The average Bonchev–Trinajstić information content (AvgIpc) is 2.59. The molecule has 0 heterocycles. The molecule has 0 spiro atoms. The Morgan fingerprint density at radius 2 is 1.57 bits per heavy atom. The number of urea groups is 1. The number of anilines is 1. The molecule has 0 atom stereocenters. The van der Waals surface area contributed by atoms with Crippen molar-refractivity contribution in [2.45, 2.75) is 31.2 Å². The van der Waals surface area contributed by atoms with E-state index in [4.69, 9.17) is 0 Å². The third-order valence-corrected chi connectivity index (χ3v) is 5.26. The van der Waals surface area contributed by atoms with Crippen molar-refractivity contribution in [3.8, 4) is 0 Å². The smallest absolute Gasteiger partial charge is 0.321 e. The summed E-state index contributed by atoms with van der Waals surface area (Å²) in [6, 6.07) is 11.5. The molecule has 0 bridgehead atoms. The van der Waals surface area contributed by atoms with Gasteiger partial charge in [0.1, 0.15) is 12.4 Å². The van der Waals surface area contributed by atoms with Gasteiger partial charge in [0.15, 0.2) is 0 Å². The molecule has 0 unspecified atom stereocenters. The third kappa shape index (κ3) is 5.78. The highest BCUT2D eigenvalue weighted by atomic mass is 32.2. The van der Waals surface area contributed by atoms with Gasteiger partial charge < -0.3 is 5.32 Å². The molecule has 0 aliphatic heterocycles. The van der Waals surface area contributed by atoms with Gasteiger partial charge in [0.2, 0.25) is 5.91 Å². The minimum absolute atomic E-state index is 0.176. The fourth-order valence-corrected chi connectivity index (χ4v) is 3.73. The Labute approximate surface area is 163 Å². The topological polar surface area (TPSA) is 95.6 Å². The Morgan fingerprint density at radius 3 is 2.11 bits per heavy atom. The second kappa shape index (κ2) is 8.39. The van der Waals surface area contributed by atoms with E-state index in [2.05, 4.69) is 10.6 Å². The van der Waals surface area contributed by atoms with Crippen LogP contribution in [0.15, 0.2) is 59.5 Å². The van der Waals surface area contributed by atoms with E-state index >= 15 is 0 Å². The van der Waals surface area contributed by atoms with Gasteiger partial charge in [-0.1, -0.05) is 18.2 Å². The van der Waals surface area contributed by atoms with E-state index in [0.717, 1.165) is 28.6 Å². The number of sulfonamides is 1. The summed E-state index contributed by atoms with van der Waals surface area (Å²) in [4.78, 5) is 24.0. The SMILES string of the molecule is CC(C)(C)NC(=O)NC(=O)CN(c1ccccc1)S(=O)(=O)c1ccc(F)cc1. The van der Waals surface area contributed by atoms with Gasteiger partial charge in [0.05, 0.1) is 10.6 Å². The minimum Gasteiger partial charge on any atom is -0.333 e. The highest BCUT2D eigenvalue weighted by molar-refractivity contribution is 7.92. The van der Waals surface area contributed by atoms with Crippen LogP contribution in [-0.2, 0) is 14.8 Å². The number of nitrogens with zero attached hydrogens (tertiary/aromatic N) is 1. The number of rotatable bonds is 5.